The largest absolute Gasteiger partial charge is 0.298 e. The van der Waals surface area contributed by atoms with Crippen LogP contribution in [0.3, 0.4) is 0 Å². The molecule has 2 unspecified atom stereocenters. The Morgan fingerprint density at radius 2 is 2.25 bits per heavy atom. The average Bonchev–Trinajstić information content (AvgIpc) is 2.04. The zero-order valence-corrected chi connectivity index (χ0v) is 8.52. The van der Waals surface area contributed by atoms with Crippen LogP contribution in [0.15, 0.2) is 0 Å². The van der Waals surface area contributed by atoms with Crippen molar-refractivity contribution in [1.82, 2.24) is 9.62 Å². The summed E-state index contributed by atoms with van der Waals surface area (Å²) in [6.45, 7) is 5.70. The topological polar surface area (TPSA) is 15.3 Å². The number of likely N-dealkylation sites (tertiary alicyclic amines) is 1. The van der Waals surface area contributed by atoms with Gasteiger partial charge >= 0.3 is 0 Å². The zero-order chi connectivity index (χ0) is 9.14. The lowest BCUT2D eigenvalue weighted by molar-refractivity contribution is 0.0917. The second-order valence-corrected chi connectivity index (χ2v) is 3.89. The SMILES string of the molecule is CC(C)N1CCC(NS)C(F)C1. The summed E-state index contributed by atoms with van der Waals surface area (Å²) in [7, 11) is 0. The van der Waals surface area contributed by atoms with Crippen molar-refractivity contribution in [3.05, 3.63) is 0 Å². The molecule has 1 aliphatic rings. The smallest absolute Gasteiger partial charge is 0.129 e. The highest BCUT2D eigenvalue weighted by Gasteiger charge is 2.29. The van der Waals surface area contributed by atoms with Gasteiger partial charge in [-0.15, -0.1) is 0 Å². The number of rotatable bonds is 2. The van der Waals surface area contributed by atoms with E-state index in [0.717, 1.165) is 13.0 Å². The standard InChI is InChI=1S/C8H17FN2S/c1-6(2)11-4-3-8(10-12)7(9)5-11/h6-8,10,12H,3-5H2,1-2H3. The highest BCUT2D eigenvalue weighted by molar-refractivity contribution is 7.78. The molecular weight excluding hydrogens is 175 g/mol. The molecule has 1 fully saturated rings. The second-order valence-electron chi connectivity index (χ2n) is 3.63. The van der Waals surface area contributed by atoms with Crippen molar-refractivity contribution in [2.45, 2.75) is 38.5 Å². The van der Waals surface area contributed by atoms with Crippen LogP contribution in [0.1, 0.15) is 20.3 Å². The molecule has 1 heterocycles. The third-order valence-corrected chi connectivity index (χ3v) is 2.80. The van der Waals surface area contributed by atoms with Crippen LogP contribution < -0.4 is 4.72 Å². The minimum Gasteiger partial charge on any atom is -0.298 e. The third-order valence-electron chi connectivity index (χ3n) is 2.47. The average molecular weight is 192 g/mol. The predicted molar refractivity (Wildman–Crippen MR) is 52.1 cm³/mol. The number of hydrogen-bond acceptors (Lipinski definition) is 3. The van der Waals surface area contributed by atoms with Gasteiger partial charge in [-0.05, 0) is 20.3 Å². The molecule has 72 valence electrons. The molecule has 0 amide bonds. The maximum Gasteiger partial charge on any atom is 0.129 e. The van der Waals surface area contributed by atoms with Crippen molar-refractivity contribution < 1.29 is 4.39 Å². The van der Waals surface area contributed by atoms with E-state index in [0.29, 0.717) is 12.6 Å². The Balaban J connectivity index is 2.40. The third kappa shape index (κ3) is 2.34. The molecule has 0 aliphatic carbocycles. The fourth-order valence-electron chi connectivity index (χ4n) is 1.54. The molecule has 0 radical (unpaired) electrons. The summed E-state index contributed by atoms with van der Waals surface area (Å²) in [6.07, 6.45) is 0.0710. The normalized spacial score (nSPS) is 32.8. The highest BCUT2D eigenvalue weighted by Crippen LogP contribution is 2.16. The molecule has 1 rings (SSSR count). The predicted octanol–water partition coefficient (Wildman–Crippen LogP) is 1.24. The number of nitrogens with one attached hydrogen (secondary N) is 1. The van der Waals surface area contributed by atoms with Crippen LogP contribution in [-0.4, -0.2) is 36.2 Å². The van der Waals surface area contributed by atoms with Crippen LogP contribution in [0.2, 0.25) is 0 Å². The van der Waals surface area contributed by atoms with Gasteiger partial charge < -0.3 is 0 Å². The first-order chi connectivity index (χ1) is 5.65. The number of alkyl halides is 1. The monoisotopic (exact) mass is 192 g/mol. The summed E-state index contributed by atoms with van der Waals surface area (Å²) in [6, 6.07) is 0.382. The molecule has 1 N–H and O–H groups in total. The zero-order valence-electron chi connectivity index (χ0n) is 7.63. The van der Waals surface area contributed by atoms with E-state index in [1.54, 1.807) is 0 Å². The Kier molecular flexibility index (Phi) is 3.80. The first kappa shape index (κ1) is 10.3. The molecule has 0 bridgehead atoms. The summed E-state index contributed by atoms with van der Waals surface area (Å²) in [4.78, 5) is 2.16. The molecular formula is C8H17FN2S. The summed E-state index contributed by atoms with van der Waals surface area (Å²) in [5, 5.41) is 0. The number of piperidine rings is 1. The van der Waals surface area contributed by atoms with E-state index in [-0.39, 0.29) is 6.04 Å². The van der Waals surface area contributed by atoms with Crippen molar-refractivity contribution in [2.75, 3.05) is 13.1 Å². The minimum atomic E-state index is -0.779. The number of nitrogens with zero attached hydrogens (tertiary/aromatic N) is 1. The molecule has 2 atom stereocenters. The van der Waals surface area contributed by atoms with Gasteiger partial charge in [0.05, 0.1) is 6.04 Å². The highest BCUT2D eigenvalue weighted by atomic mass is 32.1. The Labute approximate surface area is 79.1 Å². The van der Waals surface area contributed by atoms with E-state index in [4.69, 9.17) is 0 Å². The van der Waals surface area contributed by atoms with Crippen molar-refractivity contribution >= 4 is 12.8 Å². The maximum atomic E-state index is 13.3. The molecule has 0 spiro atoms. The summed E-state index contributed by atoms with van der Waals surface area (Å²) in [5.74, 6) is 0. The molecule has 12 heavy (non-hydrogen) atoms. The van der Waals surface area contributed by atoms with Gasteiger partial charge in [0.25, 0.3) is 0 Å². The Morgan fingerprint density at radius 1 is 1.58 bits per heavy atom. The van der Waals surface area contributed by atoms with Gasteiger partial charge in [-0.2, -0.15) is 0 Å². The van der Waals surface area contributed by atoms with Crippen LogP contribution in [0.4, 0.5) is 4.39 Å². The van der Waals surface area contributed by atoms with Crippen molar-refractivity contribution in [2.24, 2.45) is 0 Å². The molecule has 0 aromatic rings. The number of thiol groups is 1. The van der Waals surface area contributed by atoms with Gasteiger partial charge in [-0.1, -0.05) is 12.8 Å². The number of hydrogen-bond donors (Lipinski definition) is 2. The van der Waals surface area contributed by atoms with Crippen LogP contribution in [-0.2, 0) is 0 Å². The minimum absolute atomic E-state index is 0.0664. The van der Waals surface area contributed by atoms with Gasteiger partial charge in [0.15, 0.2) is 0 Å². The molecule has 1 saturated heterocycles. The van der Waals surface area contributed by atoms with Crippen LogP contribution in [0.5, 0.6) is 0 Å². The van der Waals surface area contributed by atoms with Crippen molar-refractivity contribution in [3.63, 3.8) is 0 Å². The fourth-order valence-corrected chi connectivity index (χ4v) is 1.83. The van der Waals surface area contributed by atoms with E-state index >= 15 is 0 Å². The lowest BCUT2D eigenvalue weighted by Crippen LogP contribution is -2.50. The van der Waals surface area contributed by atoms with E-state index in [1.807, 2.05) is 0 Å². The molecule has 0 saturated carbocycles. The lowest BCUT2D eigenvalue weighted by atomic mass is 10.0. The van der Waals surface area contributed by atoms with Gasteiger partial charge in [0, 0.05) is 19.1 Å². The van der Waals surface area contributed by atoms with E-state index in [9.17, 15) is 4.39 Å². The van der Waals surface area contributed by atoms with Gasteiger partial charge in [-0.3, -0.25) is 9.62 Å². The van der Waals surface area contributed by atoms with Crippen LogP contribution in [0, 0.1) is 0 Å². The van der Waals surface area contributed by atoms with Crippen LogP contribution in [0.25, 0.3) is 0 Å². The fraction of sp³-hybridized carbons (Fsp3) is 1.00. The molecule has 0 aromatic heterocycles. The molecule has 2 nitrogen and oxygen atoms in total. The lowest BCUT2D eigenvalue weighted by Gasteiger charge is -2.36. The van der Waals surface area contributed by atoms with E-state index < -0.39 is 6.17 Å². The second kappa shape index (κ2) is 4.44. The molecule has 4 heteroatoms. The number of halogens is 1. The molecule has 1 aliphatic heterocycles. The summed E-state index contributed by atoms with van der Waals surface area (Å²) in [5.41, 5.74) is 0. The van der Waals surface area contributed by atoms with Crippen LogP contribution >= 0.6 is 12.8 Å². The summed E-state index contributed by atoms with van der Waals surface area (Å²) < 4.78 is 16.0. The van der Waals surface area contributed by atoms with Gasteiger partial charge in [0.2, 0.25) is 0 Å². The Morgan fingerprint density at radius 3 is 2.67 bits per heavy atom. The maximum absolute atomic E-state index is 13.3. The van der Waals surface area contributed by atoms with E-state index in [2.05, 4.69) is 36.3 Å². The van der Waals surface area contributed by atoms with Crippen molar-refractivity contribution in [1.29, 1.82) is 0 Å². The quantitative estimate of drug-likeness (QED) is 0.640. The van der Waals surface area contributed by atoms with Gasteiger partial charge in [0.1, 0.15) is 6.17 Å². The van der Waals surface area contributed by atoms with E-state index in [1.165, 1.54) is 0 Å². The first-order valence-corrected chi connectivity index (χ1v) is 4.87. The Bertz CT molecular complexity index is 143. The van der Waals surface area contributed by atoms with Crippen molar-refractivity contribution in [3.8, 4) is 0 Å². The Hall–Kier alpha value is 0.200. The molecule has 0 aromatic carbocycles. The first-order valence-electron chi connectivity index (χ1n) is 4.43. The summed E-state index contributed by atoms with van der Waals surface area (Å²) >= 11 is 3.90. The van der Waals surface area contributed by atoms with Gasteiger partial charge in [-0.25, -0.2) is 4.39 Å².